The number of hydrogen-bond acceptors (Lipinski definition) is 1. The molecule has 0 aliphatic carbocycles. The van der Waals surface area contributed by atoms with Gasteiger partial charge in [-0.2, -0.15) is 0 Å². The summed E-state index contributed by atoms with van der Waals surface area (Å²) in [6, 6.07) is 16.9. The maximum Gasteiger partial charge on any atom is 0.0713 e. The lowest BCUT2D eigenvalue weighted by atomic mass is 10.0. The summed E-state index contributed by atoms with van der Waals surface area (Å²) in [4.78, 5) is 8.42. The summed E-state index contributed by atoms with van der Waals surface area (Å²) in [5, 5.41) is 3.81. The Balaban J connectivity index is 2.34. The molecule has 0 radical (unpaired) electrons. The number of nitrogens with one attached hydrogen (secondary N) is 1. The van der Waals surface area contributed by atoms with Crippen LogP contribution in [0.25, 0.3) is 32.7 Å². The summed E-state index contributed by atoms with van der Waals surface area (Å²) in [5.74, 6) is 0.398. The van der Waals surface area contributed by atoms with Gasteiger partial charge in [-0.1, -0.05) is 50.2 Å². The number of nitrogens with zero attached hydrogens (tertiary/aromatic N) is 1. The number of rotatable bonds is 1. The fraction of sp³-hybridized carbons (Fsp3) is 0.167. The monoisotopic (exact) mass is 260 g/mol. The molecular weight excluding hydrogens is 244 g/mol. The lowest BCUT2D eigenvalue weighted by molar-refractivity contribution is 0.838. The van der Waals surface area contributed by atoms with Gasteiger partial charge in [0.15, 0.2) is 0 Å². The highest BCUT2D eigenvalue weighted by atomic mass is 14.8. The van der Waals surface area contributed by atoms with Crippen LogP contribution in [0, 0.1) is 0 Å². The third-order valence-corrected chi connectivity index (χ3v) is 3.92. The third kappa shape index (κ3) is 1.48. The third-order valence-electron chi connectivity index (χ3n) is 3.92. The van der Waals surface area contributed by atoms with Gasteiger partial charge in [0.25, 0.3) is 0 Å². The average Bonchev–Trinajstić information content (AvgIpc) is 2.85. The van der Waals surface area contributed by atoms with Crippen LogP contribution >= 0.6 is 0 Å². The number of aromatic amines is 1. The highest BCUT2D eigenvalue weighted by molar-refractivity contribution is 6.19. The number of pyridine rings is 1. The first kappa shape index (κ1) is 11.5. The fourth-order valence-electron chi connectivity index (χ4n) is 3.00. The van der Waals surface area contributed by atoms with Gasteiger partial charge in [-0.05, 0) is 18.1 Å². The molecule has 2 aromatic carbocycles. The number of hydrogen-bond donors (Lipinski definition) is 1. The van der Waals surface area contributed by atoms with E-state index in [0.717, 1.165) is 11.2 Å². The highest BCUT2D eigenvalue weighted by Gasteiger charge is 2.15. The predicted octanol–water partition coefficient (Wildman–Crippen LogP) is 4.99. The Bertz CT molecular complexity index is 932. The molecular formula is C18H16N2. The molecule has 0 aliphatic rings. The Hall–Kier alpha value is -2.35. The van der Waals surface area contributed by atoms with Crippen LogP contribution in [0.1, 0.15) is 25.5 Å². The maximum atomic E-state index is 4.87. The van der Waals surface area contributed by atoms with E-state index in [9.17, 15) is 0 Å². The molecule has 0 saturated heterocycles. The van der Waals surface area contributed by atoms with E-state index >= 15 is 0 Å². The molecule has 0 fully saturated rings. The first-order valence-electron chi connectivity index (χ1n) is 7.05. The van der Waals surface area contributed by atoms with Gasteiger partial charge in [0.2, 0.25) is 0 Å². The Morgan fingerprint density at radius 2 is 1.60 bits per heavy atom. The van der Waals surface area contributed by atoms with Gasteiger partial charge in [0.05, 0.1) is 16.7 Å². The molecule has 0 amide bonds. The second kappa shape index (κ2) is 4.07. The molecule has 1 N–H and O–H groups in total. The zero-order valence-corrected chi connectivity index (χ0v) is 11.6. The molecule has 0 aliphatic heterocycles. The normalized spacial score (nSPS) is 11.9. The van der Waals surface area contributed by atoms with Gasteiger partial charge < -0.3 is 4.98 Å². The Morgan fingerprint density at radius 1 is 0.900 bits per heavy atom. The minimum atomic E-state index is 0.398. The summed E-state index contributed by atoms with van der Waals surface area (Å²) in [5.41, 5.74) is 4.59. The van der Waals surface area contributed by atoms with Gasteiger partial charge >= 0.3 is 0 Å². The van der Waals surface area contributed by atoms with E-state index in [1.165, 1.54) is 27.2 Å². The second-order valence-corrected chi connectivity index (χ2v) is 5.59. The standard InChI is InChI=1S/C18H16N2/c1-11(2)17-18-16(12-7-3-5-9-14(12)19-17)13-8-4-6-10-15(13)20-18/h3-11,20H,1-2H3. The summed E-state index contributed by atoms with van der Waals surface area (Å²) in [6.45, 7) is 4.39. The lowest BCUT2D eigenvalue weighted by Gasteiger charge is -2.09. The summed E-state index contributed by atoms with van der Waals surface area (Å²) >= 11 is 0. The number of fused-ring (bicyclic) bond motifs is 5. The van der Waals surface area contributed by atoms with Crippen molar-refractivity contribution in [2.75, 3.05) is 0 Å². The lowest BCUT2D eigenvalue weighted by Crippen LogP contribution is -1.95. The van der Waals surface area contributed by atoms with E-state index < -0.39 is 0 Å². The van der Waals surface area contributed by atoms with Crippen molar-refractivity contribution in [3.63, 3.8) is 0 Å². The minimum Gasteiger partial charge on any atom is -0.353 e. The molecule has 0 unspecified atom stereocenters. The van der Waals surface area contributed by atoms with Gasteiger partial charge in [0, 0.05) is 21.7 Å². The molecule has 4 rings (SSSR count). The second-order valence-electron chi connectivity index (χ2n) is 5.59. The van der Waals surface area contributed by atoms with Crippen LogP contribution < -0.4 is 0 Å². The zero-order valence-electron chi connectivity index (χ0n) is 11.6. The van der Waals surface area contributed by atoms with E-state index in [4.69, 9.17) is 4.98 Å². The van der Waals surface area contributed by atoms with Gasteiger partial charge in [-0.3, -0.25) is 4.98 Å². The number of para-hydroxylation sites is 2. The van der Waals surface area contributed by atoms with Crippen molar-refractivity contribution in [3.8, 4) is 0 Å². The molecule has 0 saturated carbocycles. The van der Waals surface area contributed by atoms with Crippen LogP contribution in [0.5, 0.6) is 0 Å². The summed E-state index contributed by atoms with van der Waals surface area (Å²) in [6.07, 6.45) is 0. The zero-order chi connectivity index (χ0) is 13.7. The van der Waals surface area contributed by atoms with Crippen LogP contribution in [0.2, 0.25) is 0 Å². The first-order chi connectivity index (χ1) is 9.75. The van der Waals surface area contributed by atoms with Crippen LogP contribution in [0.15, 0.2) is 48.5 Å². The highest BCUT2D eigenvalue weighted by Crippen LogP contribution is 2.35. The summed E-state index contributed by atoms with van der Waals surface area (Å²) < 4.78 is 0. The largest absolute Gasteiger partial charge is 0.353 e. The smallest absolute Gasteiger partial charge is 0.0713 e. The van der Waals surface area contributed by atoms with E-state index in [1.54, 1.807) is 0 Å². The van der Waals surface area contributed by atoms with Crippen LogP contribution in [0.3, 0.4) is 0 Å². The van der Waals surface area contributed by atoms with Crippen LogP contribution in [-0.2, 0) is 0 Å². The molecule has 2 nitrogen and oxygen atoms in total. The molecule has 0 atom stereocenters. The van der Waals surface area contributed by atoms with Crippen molar-refractivity contribution in [3.05, 3.63) is 54.2 Å². The van der Waals surface area contributed by atoms with Gasteiger partial charge in [-0.15, -0.1) is 0 Å². The van der Waals surface area contributed by atoms with Crippen LogP contribution in [0.4, 0.5) is 0 Å². The first-order valence-corrected chi connectivity index (χ1v) is 7.05. The Labute approximate surface area is 117 Å². The molecule has 0 spiro atoms. The van der Waals surface area contributed by atoms with E-state index in [1.807, 2.05) is 0 Å². The van der Waals surface area contributed by atoms with E-state index in [-0.39, 0.29) is 0 Å². The van der Waals surface area contributed by atoms with Crippen molar-refractivity contribution in [2.24, 2.45) is 0 Å². The number of aromatic nitrogens is 2. The number of H-pyrrole nitrogens is 1. The minimum absolute atomic E-state index is 0.398. The van der Waals surface area contributed by atoms with E-state index in [2.05, 4.69) is 67.4 Å². The van der Waals surface area contributed by atoms with Crippen molar-refractivity contribution < 1.29 is 0 Å². The molecule has 0 bridgehead atoms. The Morgan fingerprint density at radius 3 is 2.40 bits per heavy atom. The van der Waals surface area contributed by atoms with Crippen molar-refractivity contribution in [2.45, 2.75) is 19.8 Å². The van der Waals surface area contributed by atoms with Gasteiger partial charge in [0.1, 0.15) is 0 Å². The van der Waals surface area contributed by atoms with Gasteiger partial charge in [-0.25, -0.2) is 0 Å². The Kier molecular flexibility index (Phi) is 2.34. The van der Waals surface area contributed by atoms with Crippen molar-refractivity contribution >= 4 is 32.7 Å². The molecule has 4 aromatic rings. The molecule has 2 heterocycles. The fourth-order valence-corrected chi connectivity index (χ4v) is 3.00. The number of benzene rings is 2. The topological polar surface area (TPSA) is 28.7 Å². The molecule has 98 valence electrons. The quantitative estimate of drug-likeness (QED) is 0.513. The van der Waals surface area contributed by atoms with Crippen molar-refractivity contribution in [1.82, 2.24) is 9.97 Å². The molecule has 20 heavy (non-hydrogen) atoms. The summed E-state index contributed by atoms with van der Waals surface area (Å²) in [7, 11) is 0. The van der Waals surface area contributed by atoms with Crippen LogP contribution in [-0.4, -0.2) is 9.97 Å². The van der Waals surface area contributed by atoms with Crippen molar-refractivity contribution in [1.29, 1.82) is 0 Å². The molecule has 2 aromatic heterocycles. The van der Waals surface area contributed by atoms with E-state index in [0.29, 0.717) is 5.92 Å². The molecule has 2 heteroatoms. The predicted molar refractivity (Wildman–Crippen MR) is 85.2 cm³/mol. The average molecular weight is 260 g/mol. The SMILES string of the molecule is CC(C)c1nc2ccccc2c2c1[nH]c1ccccc12. The maximum absolute atomic E-state index is 4.87.